The SMILES string of the molecule is CC(C)CC[C@H]1[C@H](C)OC(=O)[C@@H](C)COC[C@@H]1OCc1ccccc1. The third-order valence-corrected chi connectivity index (χ3v) is 4.82. The number of carbonyl (C=O) groups is 1. The van der Waals surface area contributed by atoms with Crippen molar-refractivity contribution in [1.82, 2.24) is 0 Å². The van der Waals surface area contributed by atoms with Crippen molar-refractivity contribution < 1.29 is 19.0 Å². The molecule has 0 bridgehead atoms. The van der Waals surface area contributed by atoms with Crippen molar-refractivity contribution in [2.75, 3.05) is 13.2 Å². The van der Waals surface area contributed by atoms with Gasteiger partial charge in [0.2, 0.25) is 0 Å². The summed E-state index contributed by atoms with van der Waals surface area (Å²) in [5.41, 5.74) is 1.14. The van der Waals surface area contributed by atoms with Gasteiger partial charge in [-0.05, 0) is 31.7 Å². The molecule has 1 aliphatic rings. The smallest absolute Gasteiger partial charge is 0.311 e. The topological polar surface area (TPSA) is 44.8 Å². The monoisotopic (exact) mass is 348 g/mol. The number of benzene rings is 1. The highest BCUT2D eigenvalue weighted by atomic mass is 16.6. The van der Waals surface area contributed by atoms with Crippen molar-refractivity contribution in [2.24, 2.45) is 17.8 Å². The van der Waals surface area contributed by atoms with E-state index in [0.29, 0.717) is 25.7 Å². The van der Waals surface area contributed by atoms with Gasteiger partial charge in [-0.25, -0.2) is 0 Å². The van der Waals surface area contributed by atoms with Gasteiger partial charge >= 0.3 is 5.97 Å². The number of ether oxygens (including phenoxy) is 3. The summed E-state index contributed by atoms with van der Waals surface area (Å²) in [6.07, 6.45) is 1.79. The summed E-state index contributed by atoms with van der Waals surface area (Å²) >= 11 is 0. The van der Waals surface area contributed by atoms with Crippen molar-refractivity contribution in [3.8, 4) is 0 Å². The lowest BCUT2D eigenvalue weighted by atomic mass is 9.89. The second-order valence-corrected chi connectivity index (χ2v) is 7.55. The third-order valence-electron chi connectivity index (χ3n) is 4.82. The van der Waals surface area contributed by atoms with Crippen LogP contribution in [0.25, 0.3) is 0 Å². The van der Waals surface area contributed by atoms with E-state index in [1.165, 1.54) is 0 Å². The average molecular weight is 348 g/mol. The maximum absolute atomic E-state index is 12.2. The minimum absolute atomic E-state index is 0.0768. The minimum Gasteiger partial charge on any atom is -0.462 e. The van der Waals surface area contributed by atoms with Gasteiger partial charge in [-0.15, -0.1) is 0 Å². The molecule has 1 aromatic rings. The third kappa shape index (κ3) is 6.44. The molecule has 4 heteroatoms. The highest BCUT2D eigenvalue weighted by Gasteiger charge is 2.33. The molecule has 0 saturated carbocycles. The summed E-state index contributed by atoms with van der Waals surface area (Å²) in [5.74, 6) is 0.331. The molecular weight excluding hydrogens is 316 g/mol. The maximum Gasteiger partial charge on any atom is 0.311 e. The molecule has 2 rings (SSSR count). The molecule has 1 saturated heterocycles. The molecule has 0 unspecified atom stereocenters. The minimum atomic E-state index is -0.235. The molecule has 4 nitrogen and oxygen atoms in total. The molecule has 140 valence electrons. The molecular formula is C21H32O4. The van der Waals surface area contributed by atoms with Crippen LogP contribution in [-0.4, -0.2) is 31.4 Å². The summed E-state index contributed by atoms with van der Waals surface area (Å²) in [7, 11) is 0. The summed E-state index contributed by atoms with van der Waals surface area (Å²) in [6.45, 7) is 9.69. The van der Waals surface area contributed by atoms with Crippen molar-refractivity contribution in [3.05, 3.63) is 35.9 Å². The Morgan fingerprint density at radius 3 is 2.56 bits per heavy atom. The Balaban J connectivity index is 2.09. The van der Waals surface area contributed by atoms with Crippen LogP contribution in [0.5, 0.6) is 0 Å². The van der Waals surface area contributed by atoms with E-state index in [4.69, 9.17) is 14.2 Å². The highest BCUT2D eigenvalue weighted by Crippen LogP contribution is 2.27. The summed E-state index contributed by atoms with van der Waals surface area (Å²) < 4.78 is 17.7. The molecule has 0 aliphatic carbocycles. The molecule has 0 radical (unpaired) electrons. The van der Waals surface area contributed by atoms with Crippen LogP contribution in [0.2, 0.25) is 0 Å². The molecule has 0 amide bonds. The number of cyclic esters (lactones) is 1. The van der Waals surface area contributed by atoms with Crippen LogP contribution in [0.3, 0.4) is 0 Å². The van der Waals surface area contributed by atoms with Crippen LogP contribution in [0.15, 0.2) is 30.3 Å². The number of esters is 1. The van der Waals surface area contributed by atoms with Crippen LogP contribution < -0.4 is 0 Å². The van der Waals surface area contributed by atoms with Gasteiger partial charge in [-0.1, -0.05) is 50.6 Å². The van der Waals surface area contributed by atoms with Gasteiger partial charge in [0, 0.05) is 5.92 Å². The number of hydrogen-bond acceptors (Lipinski definition) is 4. The normalized spacial score (nSPS) is 28.1. The highest BCUT2D eigenvalue weighted by molar-refractivity contribution is 5.72. The fourth-order valence-electron chi connectivity index (χ4n) is 3.14. The maximum atomic E-state index is 12.2. The molecule has 1 fully saturated rings. The first-order chi connectivity index (χ1) is 12.0. The van der Waals surface area contributed by atoms with Crippen LogP contribution in [0.4, 0.5) is 0 Å². The van der Waals surface area contributed by atoms with Crippen LogP contribution >= 0.6 is 0 Å². The van der Waals surface area contributed by atoms with E-state index in [-0.39, 0.29) is 30.0 Å². The van der Waals surface area contributed by atoms with E-state index < -0.39 is 0 Å². The van der Waals surface area contributed by atoms with Gasteiger partial charge in [-0.3, -0.25) is 4.79 Å². The van der Waals surface area contributed by atoms with Crippen LogP contribution in [-0.2, 0) is 25.6 Å². The lowest BCUT2D eigenvalue weighted by molar-refractivity contribution is -0.157. The predicted octanol–water partition coefficient (Wildman–Crippen LogP) is 4.22. The molecule has 1 aromatic carbocycles. The van der Waals surface area contributed by atoms with E-state index >= 15 is 0 Å². The lowest BCUT2D eigenvalue weighted by Crippen LogP contribution is -2.37. The molecule has 4 atom stereocenters. The van der Waals surface area contributed by atoms with E-state index in [2.05, 4.69) is 26.0 Å². The average Bonchev–Trinajstić information content (AvgIpc) is 2.63. The Hall–Kier alpha value is -1.39. The van der Waals surface area contributed by atoms with Gasteiger partial charge < -0.3 is 14.2 Å². The molecule has 1 heterocycles. The number of rotatable bonds is 6. The summed E-state index contributed by atoms with van der Waals surface area (Å²) in [4.78, 5) is 12.2. The Morgan fingerprint density at radius 2 is 1.88 bits per heavy atom. The van der Waals surface area contributed by atoms with Gasteiger partial charge in [0.15, 0.2) is 0 Å². The Bertz CT molecular complexity index is 514. The van der Waals surface area contributed by atoms with E-state index in [0.717, 1.165) is 18.4 Å². The van der Waals surface area contributed by atoms with E-state index in [1.54, 1.807) is 0 Å². The number of hydrogen-bond donors (Lipinski definition) is 0. The van der Waals surface area contributed by atoms with Crippen molar-refractivity contribution >= 4 is 5.97 Å². The Morgan fingerprint density at radius 1 is 1.16 bits per heavy atom. The van der Waals surface area contributed by atoms with E-state index in [1.807, 2.05) is 32.0 Å². The quantitative estimate of drug-likeness (QED) is 0.722. The first kappa shape index (κ1) is 19.9. The van der Waals surface area contributed by atoms with Crippen molar-refractivity contribution in [3.63, 3.8) is 0 Å². The van der Waals surface area contributed by atoms with Crippen molar-refractivity contribution in [1.29, 1.82) is 0 Å². The van der Waals surface area contributed by atoms with Gasteiger partial charge in [0.25, 0.3) is 0 Å². The fourth-order valence-corrected chi connectivity index (χ4v) is 3.14. The fraction of sp³-hybridized carbons (Fsp3) is 0.667. The molecule has 25 heavy (non-hydrogen) atoms. The lowest BCUT2D eigenvalue weighted by Gasteiger charge is -2.31. The first-order valence-electron chi connectivity index (χ1n) is 9.41. The molecule has 0 N–H and O–H groups in total. The molecule has 0 aromatic heterocycles. The second-order valence-electron chi connectivity index (χ2n) is 7.55. The second kappa shape index (κ2) is 9.93. The van der Waals surface area contributed by atoms with Gasteiger partial charge in [-0.2, -0.15) is 0 Å². The molecule has 0 spiro atoms. The van der Waals surface area contributed by atoms with E-state index in [9.17, 15) is 4.79 Å². The van der Waals surface area contributed by atoms with Gasteiger partial charge in [0.05, 0.1) is 31.8 Å². The van der Waals surface area contributed by atoms with Gasteiger partial charge in [0.1, 0.15) is 6.10 Å². The van der Waals surface area contributed by atoms with Crippen LogP contribution in [0, 0.1) is 17.8 Å². The largest absolute Gasteiger partial charge is 0.462 e. The van der Waals surface area contributed by atoms with Crippen LogP contribution in [0.1, 0.15) is 46.1 Å². The zero-order valence-electron chi connectivity index (χ0n) is 15.9. The predicted molar refractivity (Wildman–Crippen MR) is 98.1 cm³/mol. The first-order valence-corrected chi connectivity index (χ1v) is 9.41. The summed E-state index contributed by atoms with van der Waals surface area (Å²) in [5, 5.41) is 0. The Kier molecular flexibility index (Phi) is 7.91. The summed E-state index contributed by atoms with van der Waals surface area (Å²) in [6, 6.07) is 10.2. The Labute approximate surface area is 151 Å². The zero-order chi connectivity index (χ0) is 18.2. The van der Waals surface area contributed by atoms with Crippen molar-refractivity contribution in [2.45, 2.75) is 59.4 Å². The molecule has 1 aliphatic heterocycles. The number of carbonyl (C=O) groups excluding carboxylic acids is 1. The standard InChI is InChI=1S/C21H32O4/c1-15(2)10-11-19-17(4)25-21(22)16(3)12-23-14-20(19)24-13-18-8-6-5-7-9-18/h5-9,15-17,19-20H,10-14H2,1-4H3/t16-,17-,19-,20-/m0/s1. The zero-order valence-corrected chi connectivity index (χ0v) is 15.9.